The second-order valence-corrected chi connectivity index (χ2v) is 4.15. The molecule has 72 valence electrons. The van der Waals surface area contributed by atoms with Gasteiger partial charge in [0.15, 0.2) is 6.29 Å². The number of benzene rings is 1. The van der Waals surface area contributed by atoms with Crippen molar-refractivity contribution in [2.45, 2.75) is 5.88 Å². The minimum atomic E-state index is 0.446. The van der Waals surface area contributed by atoms with Gasteiger partial charge in [-0.25, -0.2) is 0 Å². The minimum Gasteiger partial charge on any atom is -0.399 e. The Hall–Kier alpha value is -1.06. The van der Waals surface area contributed by atoms with Crippen LogP contribution in [0.25, 0.3) is 10.1 Å². The summed E-state index contributed by atoms with van der Waals surface area (Å²) in [4.78, 5) is 10.8. The predicted molar refractivity (Wildman–Crippen MR) is 61.2 cm³/mol. The van der Waals surface area contributed by atoms with Gasteiger partial charge in [0.1, 0.15) is 0 Å². The maximum atomic E-state index is 10.8. The van der Waals surface area contributed by atoms with E-state index >= 15 is 0 Å². The molecule has 0 unspecified atom stereocenters. The summed E-state index contributed by atoms with van der Waals surface area (Å²) in [6.07, 6.45) is 0.827. The fraction of sp³-hybridized carbons (Fsp3) is 0.100. The lowest BCUT2D eigenvalue weighted by molar-refractivity contribution is 0.112. The van der Waals surface area contributed by atoms with E-state index in [1.165, 1.54) is 11.3 Å². The van der Waals surface area contributed by atoms with E-state index in [1.807, 2.05) is 11.4 Å². The molecule has 2 nitrogen and oxygen atoms in total. The van der Waals surface area contributed by atoms with Gasteiger partial charge in [-0.1, -0.05) is 0 Å². The van der Waals surface area contributed by atoms with Crippen LogP contribution in [0.3, 0.4) is 0 Å². The number of rotatable bonds is 2. The molecule has 2 aromatic rings. The molecule has 0 saturated heterocycles. The molecule has 14 heavy (non-hydrogen) atoms. The lowest BCUT2D eigenvalue weighted by atomic mass is 10.1. The van der Waals surface area contributed by atoms with Gasteiger partial charge in [0.25, 0.3) is 0 Å². The number of hydrogen-bond acceptors (Lipinski definition) is 3. The SMILES string of the molecule is Nc1cc(C=O)c2scc(CCl)c2c1. The number of alkyl halides is 1. The largest absolute Gasteiger partial charge is 0.399 e. The molecule has 0 amide bonds. The third-order valence-electron chi connectivity index (χ3n) is 2.08. The molecule has 4 heteroatoms. The Morgan fingerprint density at radius 2 is 2.29 bits per heavy atom. The smallest absolute Gasteiger partial charge is 0.151 e. The number of carbonyl (C=O) groups excluding carboxylic acids is 1. The first-order chi connectivity index (χ1) is 6.76. The summed E-state index contributed by atoms with van der Waals surface area (Å²) < 4.78 is 0.963. The zero-order chi connectivity index (χ0) is 10.1. The highest BCUT2D eigenvalue weighted by atomic mass is 35.5. The lowest BCUT2D eigenvalue weighted by Crippen LogP contribution is -1.88. The van der Waals surface area contributed by atoms with Crippen molar-refractivity contribution in [1.82, 2.24) is 0 Å². The first kappa shape index (κ1) is 9.49. The van der Waals surface area contributed by atoms with Gasteiger partial charge in [-0.2, -0.15) is 0 Å². The van der Waals surface area contributed by atoms with Crippen LogP contribution in [0.1, 0.15) is 15.9 Å². The highest BCUT2D eigenvalue weighted by Gasteiger charge is 2.08. The monoisotopic (exact) mass is 225 g/mol. The Labute approximate surface area is 90.3 Å². The van der Waals surface area contributed by atoms with Gasteiger partial charge < -0.3 is 5.73 Å². The molecule has 1 aromatic carbocycles. The molecule has 0 radical (unpaired) electrons. The van der Waals surface area contributed by atoms with E-state index in [0.29, 0.717) is 17.1 Å². The van der Waals surface area contributed by atoms with Crippen molar-refractivity contribution in [3.8, 4) is 0 Å². The first-order valence-electron chi connectivity index (χ1n) is 4.07. The van der Waals surface area contributed by atoms with Crippen LogP contribution >= 0.6 is 22.9 Å². The van der Waals surface area contributed by atoms with Crippen LogP contribution in [0, 0.1) is 0 Å². The summed E-state index contributed by atoms with van der Waals surface area (Å²) in [6, 6.07) is 3.54. The first-order valence-corrected chi connectivity index (χ1v) is 5.48. The quantitative estimate of drug-likeness (QED) is 0.485. The Balaban J connectivity index is 2.83. The number of fused-ring (bicyclic) bond motifs is 1. The lowest BCUT2D eigenvalue weighted by Gasteiger charge is -1.99. The number of thiophene rings is 1. The maximum absolute atomic E-state index is 10.8. The van der Waals surface area contributed by atoms with Crippen molar-refractivity contribution in [1.29, 1.82) is 0 Å². The number of hydrogen-bond donors (Lipinski definition) is 1. The molecule has 0 spiro atoms. The van der Waals surface area contributed by atoms with Gasteiger partial charge in [0, 0.05) is 21.8 Å². The van der Waals surface area contributed by atoms with Gasteiger partial charge >= 0.3 is 0 Å². The molecule has 0 aliphatic rings. The van der Waals surface area contributed by atoms with Crippen molar-refractivity contribution >= 4 is 45.0 Å². The van der Waals surface area contributed by atoms with E-state index in [0.717, 1.165) is 21.9 Å². The molecule has 1 heterocycles. The second kappa shape index (κ2) is 3.59. The van der Waals surface area contributed by atoms with E-state index < -0.39 is 0 Å². The third-order valence-corrected chi connectivity index (χ3v) is 3.46. The second-order valence-electron chi connectivity index (χ2n) is 3.00. The van der Waals surface area contributed by atoms with Crippen LogP contribution in [-0.2, 0) is 5.88 Å². The molecule has 0 bridgehead atoms. The van der Waals surface area contributed by atoms with E-state index in [-0.39, 0.29) is 0 Å². The minimum absolute atomic E-state index is 0.446. The fourth-order valence-corrected chi connectivity index (χ4v) is 2.77. The number of halogens is 1. The molecule has 0 saturated carbocycles. The number of carbonyl (C=O) groups is 1. The van der Waals surface area contributed by atoms with Crippen LogP contribution in [-0.4, -0.2) is 6.29 Å². The van der Waals surface area contributed by atoms with Crippen molar-refractivity contribution in [3.63, 3.8) is 0 Å². The van der Waals surface area contributed by atoms with Gasteiger partial charge in [-0.05, 0) is 28.5 Å². The van der Waals surface area contributed by atoms with Gasteiger partial charge in [-0.15, -0.1) is 22.9 Å². The zero-order valence-corrected chi connectivity index (χ0v) is 8.86. The van der Waals surface area contributed by atoms with Gasteiger partial charge in [0.05, 0.1) is 0 Å². The van der Waals surface area contributed by atoms with Crippen molar-refractivity contribution in [2.75, 3.05) is 5.73 Å². The number of anilines is 1. The topological polar surface area (TPSA) is 43.1 Å². The standard InChI is InChI=1S/C10H8ClNOS/c11-3-7-5-14-10-6(4-13)1-8(12)2-9(7)10/h1-2,4-5H,3,12H2. The summed E-state index contributed by atoms with van der Waals surface area (Å²) in [6.45, 7) is 0. The molecule has 2 rings (SSSR count). The summed E-state index contributed by atoms with van der Waals surface area (Å²) in [7, 11) is 0. The van der Waals surface area contributed by atoms with Crippen LogP contribution < -0.4 is 5.73 Å². The molecule has 0 aliphatic heterocycles. The fourth-order valence-electron chi connectivity index (χ4n) is 1.43. The average molecular weight is 226 g/mol. The molecule has 1 aromatic heterocycles. The molecule has 0 atom stereocenters. The van der Waals surface area contributed by atoms with Crippen LogP contribution in [0.4, 0.5) is 5.69 Å². The van der Waals surface area contributed by atoms with Gasteiger partial charge in [0.2, 0.25) is 0 Å². The van der Waals surface area contributed by atoms with Crippen molar-refractivity contribution < 1.29 is 4.79 Å². The molecule has 0 fully saturated rings. The number of nitrogen functional groups attached to an aromatic ring is 1. The maximum Gasteiger partial charge on any atom is 0.151 e. The summed E-state index contributed by atoms with van der Waals surface area (Å²) in [5, 5.41) is 2.96. The highest BCUT2D eigenvalue weighted by Crippen LogP contribution is 2.31. The Morgan fingerprint density at radius 1 is 1.50 bits per heavy atom. The third kappa shape index (κ3) is 1.38. The highest BCUT2D eigenvalue weighted by molar-refractivity contribution is 7.17. The average Bonchev–Trinajstić information content (AvgIpc) is 2.59. The molecular formula is C10H8ClNOS. The van der Waals surface area contributed by atoms with E-state index in [1.54, 1.807) is 6.07 Å². The summed E-state index contributed by atoms with van der Waals surface area (Å²) >= 11 is 7.30. The normalized spacial score (nSPS) is 10.6. The molecular weight excluding hydrogens is 218 g/mol. The Bertz CT molecular complexity index is 492. The van der Waals surface area contributed by atoms with Crippen LogP contribution in [0.2, 0.25) is 0 Å². The Kier molecular flexibility index (Phi) is 2.44. The van der Waals surface area contributed by atoms with E-state index in [9.17, 15) is 4.79 Å². The number of aldehydes is 1. The van der Waals surface area contributed by atoms with Crippen LogP contribution in [0.5, 0.6) is 0 Å². The Morgan fingerprint density at radius 3 is 2.93 bits per heavy atom. The van der Waals surface area contributed by atoms with E-state index in [2.05, 4.69) is 0 Å². The van der Waals surface area contributed by atoms with Gasteiger partial charge in [-0.3, -0.25) is 4.79 Å². The van der Waals surface area contributed by atoms with Crippen molar-refractivity contribution in [2.24, 2.45) is 0 Å². The summed E-state index contributed by atoms with van der Waals surface area (Å²) in [5.74, 6) is 0.446. The summed E-state index contributed by atoms with van der Waals surface area (Å²) in [5.41, 5.74) is 7.96. The zero-order valence-electron chi connectivity index (χ0n) is 7.29. The van der Waals surface area contributed by atoms with E-state index in [4.69, 9.17) is 17.3 Å². The predicted octanol–water partition coefficient (Wildman–Crippen LogP) is 3.03. The molecule has 0 aliphatic carbocycles. The molecule has 2 N–H and O–H groups in total. The van der Waals surface area contributed by atoms with Crippen LogP contribution in [0.15, 0.2) is 17.5 Å². The van der Waals surface area contributed by atoms with Crippen molar-refractivity contribution in [3.05, 3.63) is 28.6 Å². The number of nitrogens with two attached hydrogens (primary N) is 1.